The molecule has 5 nitrogen and oxygen atoms in total. The summed E-state index contributed by atoms with van der Waals surface area (Å²) in [4.78, 5) is 26.8. The van der Waals surface area contributed by atoms with E-state index >= 15 is 0 Å². The third kappa shape index (κ3) is 4.35. The SMILES string of the molecule is CC(C)c1ccc(OCCN2C(=O)NC(C)(c3ccc(C(C)(C)C)cc3)C2=O)cc1. The third-order valence-electron chi connectivity index (χ3n) is 5.73. The average molecular weight is 409 g/mol. The van der Waals surface area contributed by atoms with Crippen LogP contribution in [0.1, 0.15) is 64.2 Å². The van der Waals surface area contributed by atoms with Gasteiger partial charge in [-0.3, -0.25) is 9.69 Å². The summed E-state index contributed by atoms with van der Waals surface area (Å²) in [5.41, 5.74) is 2.16. The summed E-state index contributed by atoms with van der Waals surface area (Å²) in [5, 5.41) is 2.86. The predicted octanol–water partition coefficient (Wildman–Crippen LogP) is 4.95. The van der Waals surface area contributed by atoms with Gasteiger partial charge in [0.15, 0.2) is 0 Å². The van der Waals surface area contributed by atoms with Gasteiger partial charge in [0.2, 0.25) is 0 Å². The maximum atomic E-state index is 13.1. The fourth-order valence-electron chi connectivity index (χ4n) is 3.60. The number of carbonyl (C=O) groups is 2. The van der Waals surface area contributed by atoms with Crippen molar-refractivity contribution in [2.75, 3.05) is 13.2 Å². The molecular weight excluding hydrogens is 376 g/mol. The molecule has 1 fully saturated rings. The number of carbonyl (C=O) groups excluding carboxylic acids is 2. The molecular formula is C25H32N2O3. The Hall–Kier alpha value is -2.82. The topological polar surface area (TPSA) is 58.6 Å². The molecule has 3 rings (SSSR count). The maximum absolute atomic E-state index is 13.1. The molecule has 1 saturated heterocycles. The number of urea groups is 1. The monoisotopic (exact) mass is 408 g/mol. The lowest BCUT2D eigenvalue weighted by atomic mass is 9.84. The molecule has 0 saturated carbocycles. The van der Waals surface area contributed by atoms with Gasteiger partial charge in [0.25, 0.3) is 5.91 Å². The fraction of sp³-hybridized carbons (Fsp3) is 0.440. The van der Waals surface area contributed by atoms with E-state index < -0.39 is 5.54 Å². The molecule has 5 heteroatoms. The van der Waals surface area contributed by atoms with Crippen LogP contribution < -0.4 is 10.1 Å². The fourth-order valence-corrected chi connectivity index (χ4v) is 3.60. The summed E-state index contributed by atoms with van der Waals surface area (Å²) in [5.74, 6) is 0.932. The Morgan fingerprint density at radius 1 is 1.00 bits per heavy atom. The van der Waals surface area contributed by atoms with E-state index in [1.54, 1.807) is 6.92 Å². The standard InChI is InChI=1S/C25H32N2O3/c1-17(2)18-7-13-21(14-8-18)30-16-15-27-22(28)25(6,26-23(27)29)20-11-9-19(10-12-20)24(3,4)5/h7-14,17H,15-16H2,1-6H3,(H,26,29). The smallest absolute Gasteiger partial charge is 0.325 e. The molecule has 1 unspecified atom stereocenters. The molecule has 2 aromatic rings. The number of benzene rings is 2. The van der Waals surface area contributed by atoms with Gasteiger partial charge in [0, 0.05) is 0 Å². The minimum Gasteiger partial charge on any atom is -0.492 e. The van der Waals surface area contributed by atoms with Gasteiger partial charge >= 0.3 is 6.03 Å². The maximum Gasteiger partial charge on any atom is 0.325 e. The molecule has 0 spiro atoms. The Labute approximate surface area is 179 Å². The van der Waals surface area contributed by atoms with Crippen LogP contribution in [0.4, 0.5) is 4.79 Å². The summed E-state index contributed by atoms with van der Waals surface area (Å²) in [6.45, 7) is 12.9. The molecule has 1 aliphatic heterocycles. The molecule has 0 aromatic heterocycles. The van der Waals surface area contributed by atoms with Crippen LogP contribution in [-0.4, -0.2) is 30.0 Å². The van der Waals surface area contributed by atoms with E-state index in [-0.39, 0.29) is 30.5 Å². The van der Waals surface area contributed by atoms with E-state index in [1.807, 2.05) is 48.5 Å². The molecule has 160 valence electrons. The Morgan fingerprint density at radius 2 is 1.60 bits per heavy atom. The van der Waals surface area contributed by atoms with Crippen molar-refractivity contribution >= 4 is 11.9 Å². The zero-order valence-electron chi connectivity index (χ0n) is 18.8. The van der Waals surface area contributed by atoms with Gasteiger partial charge in [0.1, 0.15) is 17.9 Å². The highest BCUT2D eigenvalue weighted by Crippen LogP contribution is 2.31. The largest absolute Gasteiger partial charge is 0.492 e. The van der Waals surface area contributed by atoms with Gasteiger partial charge in [0.05, 0.1) is 6.54 Å². The molecule has 30 heavy (non-hydrogen) atoms. The van der Waals surface area contributed by atoms with Crippen molar-refractivity contribution in [2.24, 2.45) is 0 Å². The van der Waals surface area contributed by atoms with Gasteiger partial charge in [-0.25, -0.2) is 4.79 Å². The molecule has 3 amide bonds. The molecule has 0 radical (unpaired) electrons. The number of ether oxygens (including phenoxy) is 1. The molecule has 0 bridgehead atoms. The summed E-state index contributed by atoms with van der Waals surface area (Å²) in [6, 6.07) is 15.4. The molecule has 0 aliphatic carbocycles. The zero-order chi connectivity index (χ0) is 22.1. The second-order valence-electron chi connectivity index (χ2n) is 9.41. The number of nitrogens with one attached hydrogen (secondary N) is 1. The van der Waals surface area contributed by atoms with E-state index in [0.717, 1.165) is 11.3 Å². The first-order valence-electron chi connectivity index (χ1n) is 10.5. The lowest BCUT2D eigenvalue weighted by Crippen LogP contribution is -2.41. The van der Waals surface area contributed by atoms with Crippen LogP contribution in [0, 0.1) is 0 Å². The highest BCUT2D eigenvalue weighted by molar-refractivity contribution is 6.07. The Morgan fingerprint density at radius 3 is 2.13 bits per heavy atom. The quantitative estimate of drug-likeness (QED) is 0.688. The Kier molecular flexibility index (Phi) is 5.93. The molecule has 1 heterocycles. The van der Waals surface area contributed by atoms with Crippen molar-refractivity contribution in [1.29, 1.82) is 0 Å². The van der Waals surface area contributed by atoms with Crippen molar-refractivity contribution in [1.82, 2.24) is 10.2 Å². The lowest BCUT2D eigenvalue weighted by molar-refractivity contribution is -0.131. The van der Waals surface area contributed by atoms with Crippen molar-refractivity contribution in [3.63, 3.8) is 0 Å². The van der Waals surface area contributed by atoms with E-state index in [0.29, 0.717) is 5.92 Å². The Bertz CT molecular complexity index is 911. The second kappa shape index (κ2) is 8.13. The van der Waals surface area contributed by atoms with Crippen molar-refractivity contribution in [3.05, 3.63) is 65.2 Å². The van der Waals surface area contributed by atoms with Gasteiger partial charge in [-0.1, -0.05) is 71.0 Å². The van der Waals surface area contributed by atoms with Crippen LogP contribution >= 0.6 is 0 Å². The lowest BCUT2D eigenvalue weighted by Gasteiger charge is -2.24. The van der Waals surface area contributed by atoms with Gasteiger partial charge in [-0.2, -0.15) is 0 Å². The minimum absolute atomic E-state index is 0.0269. The number of imide groups is 1. The van der Waals surface area contributed by atoms with E-state index in [9.17, 15) is 9.59 Å². The molecule has 1 atom stereocenters. The van der Waals surface area contributed by atoms with Crippen LogP contribution in [0.5, 0.6) is 5.75 Å². The number of hydrogen-bond acceptors (Lipinski definition) is 3. The van der Waals surface area contributed by atoms with Gasteiger partial charge in [-0.15, -0.1) is 0 Å². The number of amides is 3. The van der Waals surface area contributed by atoms with Gasteiger partial charge in [-0.05, 0) is 47.1 Å². The van der Waals surface area contributed by atoms with E-state index in [4.69, 9.17) is 4.74 Å². The summed E-state index contributed by atoms with van der Waals surface area (Å²) >= 11 is 0. The highest BCUT2D eigenvalue weighted by atomic mass is 16.5. The molecule has 1 N–H and O–H groups in total. The first-order chi connectivity index (χ1) is 14.0. The minimum atomic E-state index is -1.06. The number of rotatable bonds is 6. The second-order valence-corrected chi connectivity index (χ2v) is 9.41. The summed E-state index contributed by atoms with van der Waals surface area (Å²) in [7, 11) is 0. The van der Waals surface area contributed by atoms with Crippen LogP contribution in [0.15, 0.2) is 48.5 Å². The average Bonchev–Trinajstić information content (AvgIpc) is 2.91. The van der Waals surface area contributed by atoms with Crippen molar-refractivity contribution in [3.8, 4) is 5.75 Å². The first-order valence-corrected chi connectivity index (χ1v) is 10.5. The number of hydrogen-bond donors (Lipinski definition) is 1. The predicted molar refractivity (Wildman–Crippen MR) is 119 cm³/mol. The first kappa shape index (κ1) is 21.9. The highest BCUT2D eigenvalue weighted by Gasteiger charge is 2.48. The van der Waals surface area contributed by atoms with Gasteiger partial charge < -0.3 is 10.1 Å². The molecule has 2 aromatic carbocycles. The normalized spacial score (nSPS) is 19.4. The third-order valence-corrected chi connectivity index (χ3v) is 5.73. The van der Waals surface area contributed by atoms with Crippen LogP contribution in [0.2, 0.25) is 0 Å². The summed E-state index contributed by atoms with van der Waals surface area (Å²) < 4.78 is 5.75. The van der Waals surface area contributed by atoms with Crippen LogP contribution in [0.3, 0.4) is 0 Å². The summed E-state index contributed by atoms with van der Waals surface area (Å²) in [6.07, 6.45) is 0. The van der Waals surface area contributed by atoms with Crippen LogP contribution in [0.25, 0.3) is 0 Å². The van der Waals surface area contributed by atoms with E-state index in [1.165, 1.54) is 16.0 Å². The van der Waals surface area contributed by atoms with Crippen molar-refractivity contribution < 1.29 is 14.3 Å². The Balaban J connectivity index is 1.65. The zero-order valence-corrected chi connectivity index (χ0v) is 18.8. The van der Waals surface area contributed by atoms with Crippen molar-refractivity contribution in [2.45, 2.75) is 58.4 Å². The molecule has 1 aliphatic rings. The van der Waals surface area contributed by atoms with Crippen LogP contribution in [-0.2, 0) is 15.7 Å². The number of nitrogens with zero attached hydrogens (tertiary/aromatic N) is 1. The van der Waals surface area contributed by atoms with E-state index in [2.05, 4.69) is 39.9 Å².